The number of hydrogen-bond acceptors (Lipinski definition) is 2. The molecule has 0 aromatic heterocycles. The second kappa shape index (κ2) is 6.05. The molecule has 0 aliphatic heterocycles. The van der Waals surface area contributed by atoms with Crippen LogP contribution in [0.25, 0.3) is 0 Å². The number of carbonyl (C=O) groups is 1. The van der Waals surface area contributed by atoms with Gasteiger partial charge in [0.15, 0.2) is 0 Å². The highest BCUT2D eigenvalue weighted by molar-refractivity contribution is 5.76. The van der Waals surface area contributed by atoms with Gasteiger partial charge in [0, 0.05) is 18.9 Å². The minimum atomic E-state index is 0.249. The van der Waals surface area contributed by atoms with Crippen LogP contribution in [0.5, 0.6) is 0 Å². The van der Waals surface area contributed by atoms with Gasteiger partial charge in [0.2, 0.25) is 5.91 Å². The van der Waals surface area contributed by atoms with E-state index >= 15 is 0 Å². The summed E-state index contributed by atoms with van der Waals surface area (Å²) >= 11 is 0. The van der Waals surface area contributed by atoms with Crippen molar-refractivity contribution in [1.29, 1.82) is 5.26 Å². The second-order valence-corrected chi connectivity index (χ2v) is 5.65. The van der Waals surface area contributed by atoms with Crippen LogP contribution in [0.1, 0.15) is 57.8 Å². The molecule has 0 unspecified atom stereocenters. The van der Waals surface area contributed by atoms with E-state index in [2.05, 4.69) is 11.4 Å². The fourth-order valence-corrected chi connectivity index (χ4v) is 2.89. The van der Waals surface area contributed by atoms with Gasteiger partial charge in [-0.15, -0.1) is 0 Å². The Morgan fingerprint density at radius 1 is 1.12 bits per heavy atom. The van der Waals surface area contributed by atoms with Gasteiger partial charge in [-0.1, -0.05) is 6.42 Å². The zero-order valence-corrected chi connectivity index (χ0v) is 10.5. The highest BCUT2D eigenvalue weighted by Gasteiger charge is 2.25. The molecule has 2 aliphatic rings. The highest BCUT2D eigenvalue weighted by Crippen LogP contribution is 2.30. The van der Waals surface area contributed by atoms with Crippen LogP contribution in [0.3, 0.4) is 0 Å². The fraction of sp³-hybridized carbons (Fsp3) is 0.857. The normalized spacial score (nSPS) is 29.1. The molecular weight excluding hydrogens is 212 g/mol. The molecule has 1 N–H and O–H groups in total. The molecule has 2 aliphatic carbocycles. The Hall–Kier alpha value is -1.04. The largest absolute Gasteiger partial charge is 0.353 e. The number of rotatable bonds is 4. The van der Waals surface area contributed by atoms with E-state index in [1.807, 2.05) is 0 Å². The third kappa shape index (κ3) is 3.73. The summed E-state index contributed by atoms with van der Waals surface area (Å²) in [6.07, 6.45) is 9.51. The van der Waals surface area contributed by atoms with Gasteiger partial charge < -0.3 is 5.32 Å². The van der Waals surface area contributed by atoms with E-state index in [1.54, 1.807) is 0 Å². The quantitative estimate of drug-likeness (QED) is 0.813. The first-order chi connectivity index (χ1) is 8.28. The summed E-state index contributed by atoms with van der Waals surface area (Å²) in [6, 6.07) is 2.62. The van der Waals surface area contributed by atoms with Gasteiger partial charge in [-0.3, -0.25) is 4.79 Å². The van der Waals surface area contributed by atoms with Crippen LogP contribution in [-0.2, 0) is 4.79 Å². The van der Waals surface area contributed by atoms with Gasteiger partial charge in [-0.2, -0.15) is 5.26 Å². The lowest BCUT2D eigenvalue weighted by Crippen LogP contribution is -2.38. The summed E-state index contributed by atoms with van der Waals surface area (Å²) < 4.78 is 0. The van der Waals surface area contributed by atoms with E-state index in [-0.39, 0.29) is 5.91 Å². The van der Waals surface area contributed by atoms with Gasteiger partial charge >= 0.3 is 0 Å². The maximum atomic E-state index is 11.8. The Labute approximate surface area is 104 Å². The summed E-state index contributed by atoms with van der Waals surface area (Å²) in [5.74, 6) is 1.48. The maximum absolute atomic E-state index is 11.8. The van der Waals surface area contributed by atoms with Crippen molar-refractivity contribution >= 4 is 5.91 Å². The van der Waals surface area contributed by atoms with Crippen LogP contribution < -0.4 is 5.32 Å². The number of carbonyl (C=O) groups excluding carboxylic acids is 1. The van der Waals surface area contributed by atoms with E-state index < -0.39 is 0 Å². The Kier molecular flexibility index (Phi) is 4.42. The molecule has 0 atom stereocenters. The minimum Gasteiger partial charge on any atom is -0.353 e. The molecule has 2 rings (SSSR count). The Morgan fingerprint density at radius 2 is 1.82 bits per heavy atom. The Bertz CT molecular complexity index is 296. The first-order valence-corrected chi connectivity index (χ1v) is 6.94. The number of nitriles is 1. The van der Waals surface area contributed by atoms with Gasteiger partial charge in [0.05, 0.1) is 6.07 Å². The monoisotopic (exact) mass is 234 g/mol. The molecular formula is C14H22N2O. The first-order valence-electron chi connectivity index (χ1n) is 6.94. The van der Waals surface area contributed by atoms with Crippen molar-refractivity contribution in [1.82, 2.24) is 5.32 Å². The van der Waals surface area contributed by atoms with Gasteiger partial charge in [0.25, 0.3) is 0 Å². The van der Waals surface area contributed by atoms with Crippen molar-refractivity contribution in [2.24, 2.45) is 11.8 Å². The molecule has 2 fully saturated rings. The minimum absolute atomic E-state index is 0.249. The average Bonchev–Trinajstić information content (AvgIpc) is 2.27. The van der Waals surface area contributed by atoms with Crippen molar-refractivity contribution in [3.05, 3.63) is 0 Å². The summed E-state index contributed by atoms with van der Waals surface area (Å²) in [4.78, 5) is 11.8. The van der Waals surface area contributed by atoms with Crippen LogP contribution in [-0.4, -0.2) is 11.9 Å². The van der Waals surface area contributed by atoms with E-state index in [0.29, 0.717) is 24.3 Å². The van der Waals surface area contributed by atoms with Crippen molar-refractivity contribution in [2.75, 3.05) is 0 Å². The summed E-state index contributed by atoms with van der Waals surface area (Å²) in [6.45, 7) is 0. The predicted molar refractivity (Wildman–Crippen MR) is 66.1 cm³/mol. The molecule has 94 valence electrons. The van der Waals surface area contributed by atoms with Crippen molar-refractivity contribution < 1.29 is 4.79 Å². The number of hydrogen-bond donors (Lipinski definition) is 1. The third-order valence-corrected chi connectivity index (χ3v) is 4.29. The SMILES string of the molecule is N#CCC1CCC(NC(=O)CC2CCC2)CC1. The molecule has 3 heteroatoms. The topological polar surface area (TPSA) is 52.9 Å². The van der Waals surface area contributed by atoms with Crippen molar-refractivity contribution in [3.8, 4) is 6.07 Å². The van der Waals surface area contributed by atoms with Gasteiger partial charge in [-0.25, -0.2) is 0 Å². The van der Waals surface area contributed by atoms with Gasteiger partial charge in [0.1, 0.15) is 0 Å². The van der Waals surface area contributed by atoms with Crippen molar-refractivity contribution in [3.63, 3.8) is 0 Å². The lowest BCUT2D eigenvalue weighted by molar-refractivity contribution is -0.123. The maximum Gasteiger partial charge on any atom is 0.220 e. The average molecular weight is 234 g/mol. The number of amides is 1. The predicted octanol–water partition coefficient (Wildman–Crippen LogP) is 2.77. The molecule has 0 bridgehead atoms. The van der Waals surface area contributed by atoms with Crippen LogP contribution >= 0.6 is 0 Å². The molecule has 17 heavy (non-hydrogen) atoms. The summed E-state index contributed by atoms with van der Waals surface area (Å²) in [7, 11) is 0. The van der Waals surface area contributed by atoms with Crippen LogP contribution in [0.15, 0.2) is 0 Å². The zero-order chi connectivity index (χ0) is 12.1. The molecule has 0 heterocycles. The van der Waals surface area contributed by atoms with E-state index in [9.17, 15) is 4.79 Å². The molecule has 0 aromatic carbocycles. The van der Waals surface area contributed by atoms with Crippen LogP contribution in [0.2, 0.25) is 0 Å². The van der Waals surface area contributed by atoms with Gasteiger partial charge in [-0.05, 0) is 50.4 Å². The second-order valence-electron chi connectivity index (χ2n) is 5.65. The molecule has 1 amide bonds. The highest BCUT2D eigenvalue weighted by atomic mass is 16.1. The Balaban J connectivity index is 1.63. The fourth-order valence-electron chi connectivity index (χ4n) is 2.89. The lowest BCUT2D eigenvalue weighted by Gasteiger charge is -2.29. The lowest BCUT2D eigenvalue weighted by atomic mass is 9.82. The number of nitrogens with one attached hydrogen (secondary N) is 1. The molecule has 0 aromatic rings. The smallest absolute Gasteiger partial charge is 0.220 e. The molecule has 3 nitrogen and oxygen atoms in total. The zero-order valence-electron chi connectivity index (χ0n) is 10.5. The summed E-state index contributed by atoms with van der Waals surface area (Å²) in [5, 5.41) is 11.8. The molecule has 0 saturated heterocycles. The summed E-state index contributed by atoms with van der Waals surface area (Å²) in [5.41, 5.74) is 0. The molecule has 2 saturated carbocycles. The molecule has 0 spiro atoms. The van der Waals surface area contributed by atoms with E-state index in [0.717, 1.165) is 32.1 Å². The Morgan fingerprint density at radius 3 is 2.35 bits per heavy atom. The molecule has 0 radical (unpaired) electrons. The number of nitrogens with zero attached hydrogens (tertiary/aromatic N) is 1. The van der Waals surface area contributed by atoms with E-state index in [1.165, 1.54) is 19.3 Å². The third-order valence-electron chi connectivity index (χ3n) is 4.29. The van der Waals surface area contributed by atoms with Crippen LogP contribution in [0, 0.1) is 23.2 Å². The standard InChI is InChI=1S/C14H22N2O/c15-9-8-11-4-6-13(7-5-11)16-14(17)10-12-2-1-3-12/h11-13H,1-8,10H2,(H,16,17). The first kappa shape index (κ1) is 12.4. The van der Waals surface area contributed by atoms with Crippen molar-refractivity contribution in [2.45, 2.75) is 63.8 Å². The van der Waals surface area contributed by atoms with E-state index in [4.69, 9.17) is 5.26 Å². The van der Waals surface area contributed by atoms with Crippen LogP contribution in [0.4, 0.5) is 0 Å².